The van der Waals surface area contributed by atoms with Crippen LogP contribution in [0.4, 0.5) is 23.0 Å². The number of benzene rings is 1. The van der Waals surface area contributed by atoms with E-state index in [9.17, 15) is 0 Å². The molecule has 8 heteroatoms. The van der Waals surface area contributed by atoms with Crippen molar-refractivity contribution in [3.63, 3.8) is 0 Å². The number of hydrogen-bond donors (Lipinski definition) is 3. The highest BCUT2D eigenvalue weighted by Crippen LogP contribution is 2.27. The number of nitrogens with one attached hydrogen (secondary N) is 2. The summed E-state index contributed by atoms with van der Waals surface area (Å²) in [6.45, 7) is 3.84. The summed E-state index contributed by atoms with van der Waals surface area (Å²) in [5, 5.41) is 5.93. The standard InChI is InChI=1S/C15H20ClN7/c1-22-5-7-23(8-6-22)21-15-13(17)14(18-10-19-15)20-12-4-2-3-11(16)9-12/h2-4,9-10H,5-8,17H2,1H3,(H2,18,19,20,21). The number of likely N-dealkylation sites (N-methyl/N-ethyl adjacent to an activating group) is 1. The summed E-state index contributed by atoms with van der Waals surface area (Å²) in [6, 6.07) is 7.40. The summed E-state index contributed by atoms with van der Waals surface area (Å²) in [7, 11) is 2.11. The van der Waals surface area contributed by atoms with E-state index < -0.39 is 0 Å². The third-order valence-electron chi connectivity index (χ3n) is 3.74. The van der Waals surface area contributed by atoms with Gasteiger partial charge in [0.15, 0.2) is 11.6 Å². The molecular weight excluding hydrogens is 314 g/mol. The van der Waals surface area contributed by atoms with E-state index in [2.05, 4.69) is 37.7 Å². The van der Waals surface area contributed by atoms with E-state index in [0.29, 0.717) is 22.3 Å². The van der Waals surface area contributed by atoms with Crippen LogP contribution in [0.25, 0.3) is 0 Å². The van der Waals surface area contributed by atoms with Gasteiger partial charge in [0.2, 0.25) is 0 Å². The Bertz CT molecular complexity index is 671. The van der Waals surface area contributed by atoms with Crippen LogP contribution in [0.3, 0.4) is 0 Å². The Morgan fingerprint density at radius 1 is 1.13 bits per heavy atom. The summed E-state index contributed by atoms with van der Waals surface area (Å²) in [5.41, 5.74) is 10.8. The number of nitrogens with two attached hydrogens (primary N) is 1. The first kappa shape index (κ1) is 15.8. The quantitative estimate of drug-likeness (QED) is 0.789. The average Bonchev–Trinajstić information content (AvgIpc) is 2.53. The van der Waals surface area contributed by atoms with Gasteiger partial charge < -0.3 is 21.4 Å². The molecule has 7 nitrogen and oxygen atoms in total. The van der Waals surface area contributed by atoms with Crippen molar-refractivity contribution in [1.82, 2.24) is 19.9 Å². The molecule has 0 saturated carbocycles. The van der Waals surface area contributed by atoms with E-state index in [1.165, 1.54) is 6.33 Å². The predicted molar refractivity (Wildman–Crippen MR) is 93.9 cm³/mol. The molecule has 2 heterocycles. The molecule has 0 aliphatic carbocycles. The minimum atomic E-state index is 0.478. The molecular formula is C15H20ClN7. The molecule has 4 N–H and O–H groups in total. The lowest BCUT2D eigenvalue weighted by Crippen LogP contribution is -2.47. The monoisotopic (exact) mass is 333 g/mol. The van der Waals surface area contributed by atoms with Crippen molar-refractivity contribution < 1.29 is 0 Å². The summed E-state index contributed by atoms with van der Waals surface area (Å²) in [5.74, 6) is 1.16. The fourth-order valence-electron chi connectivity index (χ4n) is 2.36. The fourth-order valence-corrected chi connectivity index (χ4v) is 2.55. The van der Waals surface area contributed by atoms with E-state index in [0.717, 1.165) is 31.9 Å². The second-order valence-corrected chi connectivity index (χ2v) is 5.96. The van der Waals surface area contributed by atoms with Gasteiger partial charge in [0.25, 0.3) is 0 Å². The van der Waals surface area contributed by atoms with Gasteiger partial charge in [-0.1, -0.05) is 17.7 Å². The molecule has 1 aromatic carbocycles. The molecule has 2 aromatic rings. The van der Waals surface area contributed by atoms with E-state index in [4.69, 9.17) is 17.3 Å². The van der Waals surface area contributed by atoms with Crippen LogP contribution in [-0.4, -0.2) is 53.1 Å². The van der Waals surface area contributed by atoms with Gasteiger partial charge in [-0.15, -0.1) is 0 Å². The molecule has 1 aliphatic rings. The number of hydrogen-bond acceptors (Lipinski definition) is 7. The first-order valence-corrected chi connectivity index (χ1v) is 7.83. The van der Waals surface area contributed by atoms with Crippen molar-refractivity contribution in [1.29, 1.82) is 0 Å². The van der Waals surface area contributed by atoms with E-state index in [1.807, 2.05) is 24.3 Å². The second kappa shape index (κ2) is 6.99. The Balaban J connectivity index is 1.73. The lowest BCUT2D eigenvalue weighted by molar-refractivity contribution is 0.178. The minimum Gasteiger partial charge on any atom is -0.393 e. The number of piperazine rings is 1. The lowest BCUT2D eigenvalue weighted by Gasteiger charge is -2.32. The van der Waals surface area contributed by atoms with Gasteiger partial charge in [0, 0.05) is 36.9 Å². The number of rotatable bonds is 4. The van der Waals surface area contributed by atoms with E-state index >= 15 is 0 Å². The molecule has 3 rings (SSSR count). The highest BCUT2D eigenvalue weighted by Gasteiger charge is 2.16. The number of anilines is 4. The highest BCUT2D eigenvalue weighted by atomic mass is 35.5. The van der Waals surface area contributed by atoms with Gasteiger partial charge in [-0.05, 0) is 25.2 Å². The molecule has 0 amide bonds. The smallest absolute Gasteiger partial charge is 0.169 e. The fraction of sp³-hybridized carbons (Fsp3) is 0.333. The minimum absolute atomic E-state index is 0.478. The average molecular weight is 334 g/mol. The summed E-state index contributed by atoms with van der Waals surface area (Å²) >= 11 is 6.00. The molecule has 0 unspecified atom stereocenters. The zero-order valence-electron chi connectivity index (χ0n) is 13.0. The molecule has 1 aliphatic heterocycles. The summed E-state index contributed by atoms with van der Waals surface area (Å²) < 4.78 is 0. The zero-order chi connectivity index (χ0) is 16.2. The van der Waals surface area contributed by atoms with Crippen LogP contribution in [0.5, 0.6) is 0 Å². The van der Waals surface area contributed by atoms with Crippen molar-refractivity contribution in [2.75, 3.05) is 49.7 Å². The number of halogens is 1. The van der Waals surface area contributed by atoms with Crippen LogP contribution in [0.2, 0.25) is 5.02 Å². The van der Waals surface area contributed by atoms with Crippen LogP contribution >= 0.6 is 11.6 Å². The van der Waals surface area contributed by atoms with Crippen molar-refractivity contribution in [2.24, 2.45) is 0 Å². The van der Waals surface area contributed by atoms with Crippen LogP contribution in [0.1, 0.15) is 0 Å². The number of nitrogens with zero attached hydrogens (tertiary/aromatic N) is 4. The van der Waals surface area contributed by atoms with Gasteiger partial charge in [0.1, 0.15) is 12.0 Å². The number of hydrazine groups is 1. The first-order chi connectivity index (χ1) is 11.1. The molecule has 1 saturated heterocycles. The van der Waals surface area contributed by atoms with Gasteiger partial charge >= 0.3 is 0 Å². The molecule has 1 aromatic heterocycles. The Kier molecular flexibility index (Phi) is 4.80. The Morgan fingerprint density at radius 2 is 1.87 bits per heavy atom. The van der Waals surface area contributed by atoms with Crippen molar-refractivity contribution in [3.05, 3.63) is 35.6 Å². The first-order valence-electron chi connectivity index (χ1n) is 7.45. The van der Waals surface area contributed by atoms with Crippen LogP contribution in [-0.2, 0) is 0 Å². The maximum absolute atomic E-state index is 6.19. The SMILES string of the molecule is CN1CCN(Nc2ncnc(Nc3cccc(Cl)c3)c2N)CC1. The normalized spacial score (nSPS) is 16.3. The highest BCUT2D eigenvalue weighted by molar-refractivity contribution is 6.30. The van der Waals surface area contributed by atoms with Crippen molar-refractivity contribution >= 4 is 34.6 Å². The maximum atomic E-state index is 6.19. The Hall–Kier alpha value is -2.09. The molecule has 0 atom stereocenters. The molecule has 23 heavy (non-hydrogen) atoms. The predicted octanol–water partition coefficient (Wildman–Crippen LogP) is 2.03. The third-order valence-corrected chi connectivity index (χ3v) is 3.97. The molecule has 0 bridgehead atoms. The lowest BCUT2D eigenvalue weighted by atomic mass is 10.3. The molecule has 0 radical (unpaired) electrons. The Labute approximate surface area is 140 Å². The van der Waals surface area contributed by atoms with Gasteiger partial charge in [0.05, 0.1) is 0 Å². The van der Waals surface area contributed by atoms with Gasteiger partial charge in [-0.2, -0.15) is 0 Å². The van der Waals surface area contributed by atoms with E-state index in [-0.39, 0.29) is 0 Å². The molecule has 1 fully saturated rings. The summed E-state index contributed by atoms with van der Waals surface area (Å²) in [4.78, 5) is 10.7. The topological polar surface area (TPSA) is 82.3 Å². The second-order valence-electron chi connectivity index (χ2n) is 5.52. The van der Waals surface area contributed by atoms with E-state index in [1.54, 1.807) is 0 Å². The third kappa shape index (κ3) is 4.01. The maximum Gasteiger partial charge on any atom is 0.169 e. The zero-order valence-corrected chi connectivity index (χ0v) is 13.7. The van der Waals surface area contributed by atoms with Gasteiger partial charge in [-0.25, -0.2) is 15.0 Å². The van der Waals surface area contributed by atoms with Crippen LogP contribution in [0, 0.1) is 0 Å². The van der Waals surface area contributed by atoms with Crippen molar-refractivity contribution in [3.8, 4) is 0 Å². The Morgan fingerprint density at radius 3 is 2.61 bits per heavy atom. The van der Waals surface area contributed by atoms with Crippen LogP contribution in [0.15, 0.2) is 30.6 Å². The van der Waals surface area contributed by atoms with Gasteiger partial charge in [-0.3, -0.25) is 0 Å². The largest absolute Gasteiger partial charge is 0.393 e. The molecule has 122 valence electrons. The molecule has 0 spiro atoms. The number of nitrogen functional groups attached to an aromatic ring is 1. The number of aromatic nitrogens is 2. The van der Waals surface area contributed by atoms with Crippen LogP contribution < -0.4 is 16.5 Å². The summed E-state index contributed by atoms with van der Waals surface area (Å²) in [6.07, 6.45) is 1.49. The van der Waals surface area contributed by atoms with Crippen molar-refractivity contribution in [2.45, 2.75) is 0 Å².